The van der Waals surface area contributed by atoms with Crippen molar-refractivity contribution in [2.24, 2.45) is 0 Å². The van der Waals surface area contributed by atoms with Crippen molar-refractivity contribution in [2.45, 2.75) is 32.2 Å². The summed E-state index contributed by atoms with van der Waals surface area (Å²) in [6, 6.07) is 19.7. The Labute approximate surface area is 192 Å². The molecule has 0 N–H and O–H groups in total. The predicted molar refractivity (Wildman–Crippen MR) is 128 cm³/mol. The highest BCUT2D eigenvalue weighted by atomic mass is 35.5. The Balaban J connectivity index is 1.34. The highest BCUT2D eigenvalue weighted by molar-refractivity contribution is 6.40. The van der Waals surface area contributed by atoms with Gasteiger partial charge in [0.15, 0.2) is 10.3 Å². The molecule has 0 amide bonds. The molecule has 6 heteroatoms. The minimum Gasteiger partial charge on any atom is -0.300 e. The van der Waals surface area contributed by atoms with Crippen molar-refractivity contribution in [1.29, 1.82) is 0 Å². The summed E-state index contributed by atoms with van der Waals surface area (Å²) in [6.07, 6.45) is 5.37. The van der Waals surface area contributed by atoms with Crippen LogP contribution in [-0.2, 0) is 6.42 Å². The van der Waals surface area contributed by atoms with E-state index in [-0.39, 0.29) is 0 Å². The molecule has 1 aliphatic heterocycles. The number of hydrogen-bond donors (Lipinski definition) is 0. The van der Waals surface area contributed by atoms with E-state index in [9.17, 15) is 0 Å². The molecular weight excluding hydrogens is 427 g/mol. The summed E-state index contributed by atoms with van der Waals surface area (Å²) in [5, 5.41) is 1.90. The van der Waals surface area contributed by atoms with Gasteiger partial charge in [-0.25, -0.2) is 9.97 Å². The van der Waals surface area contributed by atoms with Gasteiger partial charge in [0.25, 0.3) is 0 Å². The molecule has 0 spiro atoms. The zero-order valence-corrected chi connectivity index (χ0v) is 18.9. The fraction of sp³-hybridized carbons (Fsp3) is 0.280. The Morgan fingerprint density at radius 1 is 1.03 bits per heavy atom. The van der Waals surface area contributed by atoms with E-state index >= 15 is 0 Å². The van der Waals surface area contributed by atoms with E-state index in [2.05, 4.69) is 47.1 Å². The number of aromatic nitrogens is 3. The number of rotatable bonds is 5. The van der Waals surface area contributed by atoms with Crippen molar-refractivity contribution >= 4 is 34.1 Å². The van der Waals surface area contributed by atoms with Crippen LogP contribution in [0.25, 0.3) is 27.8 Å². The van der Waals surface area contributed by atoms with Gasteiger partial charge < -0.3 is 4.90 Å². The standard InChI is InChI=1S/C25H24Cl2N4/c1-17-3-2-13-30(17)14-12-18-4-10-23-20(15-18)7-11-22(29-23)19-5-8-21(9-6-19)31-16-28-24(26)25(31)27/h4-11,15-17H,2-3,12-14H2,1H3/t17-/m1/s1. The second kappa shape index (κ2) is 8.62. The van der Waals surface area contributed by atoms with Gasteiger partial charge in [0.1, 0.15) is 6.33 Å². The first-order valence-electron chi connectivity index (χ1n) is 10.7. The number of fused-ring (bicyclic) bond motifs is 1. The first-order chi connectivity index (χ1) is 15.1. The van der Waals surface area contributed by atoms with E-state index in [4.69, 9.17) is 28.2 Å². The number of nitrogens with zero attached hydrogens (tertiary/aromatic N) is 4. The van der Waals surface area contributed by atoms with Gasteiger partial charge in [0, 0.05) is 29.2 Å². The number of imidazole rings is 1. The molecule has 1 aliphatic rings. The second-order valence-corrected chi connectivity index (χ2v) is 8.96. The van der Waals surface area contributed by atoms with Crippen LogP contribution in [0.15, 0.2) is 60.9 Å². The zero-order valence-electron chi connectivity index (χ0n) is 17.4. The largest absolute Gasteiger partial charge is 0.300 e. The van der Waals surface area contributed by atoms with Crippen LogP contribution in [0.1, 0.15) is 25.3 Å². The van der Waals surface area contributed by atoms with Crippen molar-refractivity contribution in [2.75, 3.05) is 13.1 Å². The normalized spacial score (nSPS) is 16.9. The van der Waals surface area contributed by atoms with E-state index in [1.54, 1.807) is 10.9 Å². The van der Waals surface area contributed by atoms with E-state index < -0.39 is 0 Å². The first-order valence-corrected chi connectivity index (χ1v) is 11.5. The van der Waals surface area contributed by atoms with Crippen molar-refractivity contribution < 1.29 is 0 Å². The molecule has 4 aromatic rings. The van der Waals surface area contributed by atoms with Crippen LogP contribution < -0.4 is 0 Å². The molecule has 5 rings (SSSR count). The Morgan fingerprint density at radius 3 is 2.58 bits per heavy atom. The lowest BCUT2D eigenvalue weighted by molar-refractivity contribution is 0.272. The fourth-order valence-corrected chi connectivity index (χ4v) is 4.70. The zero-order chi connectivity index (χ0) is 21.4. The molecule has 158 valence electrons. The van der Waals surface area contributed by atoms with Crippen molar-refractivity contribution in [3.63, 3.8) is 0 Å². The Bertz CT molecular complexity index is 1220. The van der Waals surface area contributed by atoms with Crippen LogP contribution in [0.4, 0.5) is 0 Å². The van der Waals surface area contributed by atoms with Gasteiger partial charge in [-0.3, -0.25) is 4.57 Å². The summed E-state index contributed by atoms with van der Waals surface area (Å²) in [7, 11) is 0. The second-order valence-electron chi connectivity index (χ2n) is 8.24. The summed E-state index contributed by atoms with van der Waals surface area (Å²) in [5.41, 5.74) is 5.31. The third-order valence-corrected chi connectivity index (χ3v) is 6.98. The summed E-state index contributed by atoms with van der Waals surface area (Å²) in [4.78, 5) is 11.5. The van der Waals surface area contributed by atoms with E-state index in [0.29, 0.717) is 10.3 Å². The van der Waals surface area contributed by atoms with Gasteiger partial charge in [0.2, 0.25) is 0 Å². The third-order valence-electron chi connectivity index (χ3n) is 6.24. The third kappa shape index (κ3) is 4.20. The van der Waals surface area contributed by atoms with Crippen LogP contribution in [0.2, 0.25) is 10.3 Å². The molecule has 0 radical (unpaired) electrons. The monoisotopic (exact) mass is 450 g/mol. The van der Waals surface area contributed by atoms with Gasteiger partial charge in [-0.2, -0.15) is 0 Å². The molecule has 3 heterocycles. The number of hydrogen-bond acceptors (Lipinski definition) is 3. The molecule has 1 atom stereocenters. The van der Waals surface area contributed by atoms with Crippen LogP contribution >= 0.6 is 23.2 Å². The number of halogens is 2. The average molecular weight is 451 g/mol. The lowest BCUT2D eigenvalue weighted by atomic mass is 10.1. The molecule has 0 saturated carbocycles. The summed E-state index contributed by atoms with van der Waals surface area (Å²) >= 11 is 12.2. The van der Waals surface area contributed by atoms with Gasteiger partial charge >= 0.3 is 0 Å². The van der Waals surface area contributed by atoms with E-state index in [1.165, 1.54) is 30.3 Å². The smallest absolute Gasteiger partial charge is 0.166 e. The van der Waals surface area contributed by atoms with Crippen molar-refractivity contribution in [3.05, 3.63) is 76.8 Å². The SMILES string of the molecule is C[C@@H]1CCCN1CCc1ccc2nc(-c3ccc(-n4cnc(Cl)c4Cl)cc3)ccc2c1. The summed E-state index contributed by atoms with van der Waals surface area (Å²) < 4.78 is 1.76. The van der Waals surface area contributed by atoms with Crippen LogP contribution in [0.5, 0.6) is 0 Å². The highest BCUT2D eigenvalue weighted by Crippen LogP contribution is 2.27. The molecule has 1 fully saturated rings. The minimum absolute atomic E-state index is 0.302. The minimum atomic E-state index is 0.302. The molecule has 2 aromatic heterocycles. The maximum absolute atomic E-state index is 6.20. The van der Waals surface area contributed by atoms with Crippen LogP contribution in [-0.4, -0.2) is 38.6 Å². The van der Waals surface area contributed by atoms with Gasteiger partial charge in [0.05, 0.1) is 11.2 Å². The van der Waals surface area contributed by atoms with Crippen LogP contribution in [0.3, 0.4) is 0 Å². The lowest BCUT2D eigenvalue weighted by Crippen LogP contribution is -2.28. The summed E-state index contributed by atoms with van der Waals surface area (Å²) in [5.74, 6) is 0. The number of pyridine rings is 1. The molecule has 1 saturated heterocycles. The molecular formula is C25H24Cl2N4. The van der Waals surface area contributed by atoms with E-state index in [0.717, 1.165) is 41.5 Å². The quantitative estimate of drug-likeness (QED) is 0.351. The Morgan fingerprint density at radius 2 is 1.87 bits per heavy atom. The highest BCUT2D eigenvalue weighted by Gasteiger charge is 2.19. The molecule has 2 aromatic carbocycles. The summed E-state index contributed by atoms with van der Waals surface area (Å²) in [6.45, 7) is 4.71. The molecule has 31 heavy (non-hydrogen) atoms. The van der Waals surface area contributed by atoms with Crippen molar-refractivity contribution in [3.8, 4) is 16.9 Å². The maximum Gasteiger partial charge on any atom is 0.166 e. The van der Waals surface area contributed by atoms with Crippen LogP contribution in [0, 0.1) is 0 Å². The Kier molecular flexibility index (Phi) is 5.70. The van der Waals surface area contributed by atoms with Gasteiger partial charge in [-0.05, 0) is 68.6 Å². The van der Waals surface area contributed by atoms with Gasteiger partial charge in [-0.15, -0.1) is 0 Å². The van der Waals surface area contributed by atoms with Gasteiger partial charge in [-0.1, -0.05) is 47.5 Å². The molecule has 0 bridgehead atoms. The lowest BCUT2D eigenvalue weighted by Gasteiger charge is -2.20. The first kappa shape index (κ1) is 20.5. The number of benzene rings is 2. The van der Waals surface area contributed by atoms with E-state index in [1.807, 2.05) is 24.3 Å². The average Bonchev–Trinajstić information content (AvgIpc) is 3.36. The topological polar surface area (TPSA) is 34.0 Å². The predicted octanol–water partition coefficient (Wildman–Crippen LogP) is 6.42. The molecule has 0 unspecified atom stereocenters. The maximum atomic E-state index is 6.20. The van der Waals surface area contributed by atoms with Crippen molar-refractivity contribution in [1.82, 2.24) is 19.4 Å². The number of likely N-dealkylation sites (tertiary alicyclic amines) is 1. The Hall–Kier alpha value is -2.40. The molecule has 0 aliphatic carbocycles. The fourth-order valence-electron chi connectivity index (χ4n) is 4.37. The molecule has 4 nitrogen and oxygen atoms in total.